The fourth-order valence-corrected chi connectivity index (χ4v) is 3.71. The summed E-state index contributed by atoms with van der Waals surface area (Å²) in [6, 6.07) is 0. The zero-order valence-electron chi connectivity index (χ0n) is 26.4. The molecule has 2 heteroatoms. The first-order valence-electron chi connectivity index (χ1n) is 16.1. The van der Waals surface area contributed by atoms with Gasteiger partial charge in [0.05, 0.1) is 0 Å². The summed E-state index contributed by atoms with van der Waals surface area (Å²) in [7, 11) is 0. The zero-order valence-corrected chi connectivity index (χ0v) is 26.4. The summed E-state index contributed by atoms with van der Waals surface area (Å²) in [5, 5.41) is 8.60. The van der Waals surface area contributed by atoms with Crippen molar-refractivity contribution in [2.24, 2.45) is 0 Å². The summed E-state index contributed by atoms with van der Waals surface area (Å²) in [5.74, 6) is -0.693. The van der Waals surface area contributed by atoms with Crippen molar-refractivity contribution >= 4 is 5.97 Å². The lowest BCUT2D eigenvalue weighted by Crippen LogP contribution is -1.93. The Kier molecular flexibility index (Phi) is 32.8. The normalized spacial score (nSPS) is 13.5. The van der Waals surface area contributed by atoms with E-state index in [0.717, 1.165) is 96.3 Å². The highest BCUT2D eigenvalue weighted by atomic mass is 16.4. The summed E-state index contributed by atoms with van der Waals surface area (Å²) in [6.07, 6.45) is 64.2. The second-order valence-corrected chi connectivity index (χ2v) is 9.94. The van der Waals surface area contributed by atoms with Gasteiger partial charge >= 0.3 is 5.97 Å². The van der Waals surface area contributed by atoms with Gasteiger partial charge in [-0.15, -0.1) is 0 Å². The van der Waals surface area contributed by atoms with E-state index in [1.54, 1.807) is 0 Å². The van der Waals surface area contributed by atoms with Gasteiger partial charge in [0.25, 0.3) is 0 Å². The first-order chi connectivity index (χ1) is 20.8. The number of carboxylic acid groups (broad SMARTS) is 1. The van der Waals surface area contributed by atoms with Gasteiger partial charge in [-0.3, -0.25) is 4.79 Å². The molecule has 0 aromatic heterocycles. The number of aliphatic carboxylic acids is 1. The van der Waals surface area contributed by atoms with E-state index in [9.17, 15) is 4.79 Å². The molecular formula is C40H58O2. The topological polar surface area (TPSA) is 37.3 Å². The molecular weight excluding hydrogens is 512 g/mol. The first-order valence-corrected chi connectivity index (χ1v) is 16.1. The average molecular weight is 571 g/mol. The molecule has 42 heavy (non-hydrogen) atoms. The molecule has 1 N–H and O–H groups in total. The van der Waals surface area contributed by atoms with Gasteiger partial charge in [0.15, 0.2) is 0 Å². The molecule has 0 radical (unpaired) electrons. The Labute approximate surface area is 258 Å². The largest absolute Gasteiger partial charge is 0.481 e. The number of carbonyl (C=O) groups is 1. The van der Waals surface area contributed by atoms with E-state index in [2.05, 4.69) is 141 Å². The van der Waals surface area contributed by atoms with Crippen LogP contribution in [0.25, 0.3) is 0 Å². The van der Waals surface area contributed by atoms with Gasteiger partial charge in [-0.2, -0.15) is 0 Å². The van der Waals surface area contributed by atoms with Crippen LogP contribution in [0.1, 0.15) is 110 Å². The van der Waals surface area contributed by atoms with Gasteiger partial charge in [0, 0.05) is 6.42 Å². The predicted octanol–water partition coefficient (Wildman–Crippen LogP) is 12.5. The molecule has 0 aromatic carbocycles. The fourth-order valence-electron chi connectivity index (χ4n) is 3.71. The molecule has 0 amide bonds. The minimum Gasteiger partial charge on any atom is -0.481 e. The number of hydrogen-bond acceptors (Lipinski definition) is 1. The van der Waals surface area contributed by atoms with E-state index in [1.807, 2.05) is 0 Å². The maximum Gasteiger partial charge on any atom is 0.303 e. The van der Waals surface area contributed by atoms with Crippen molar-refractivity contribution in [3.05, 3.63) is 134 Å². The van der Waals surface area contributed by atoms with Crippen LogP contribution in [-0.4, -0.2) is 11.1 Å². The summed E-state index contributed by atoms with van der Waals surface area (Å²) < 4.78 is 0. The smallest absolute Gasteiger partial charge is 0.303 e. The third kappa shape index (κ3) is 36.6. The van der Waals surface area contributed by atoms with E-state index < -0.39 is 5.97 Å². The Hall–Kier alpha value is -3.39. The quantitative estimate of drug-likeness (QED) is 0.0787. The minimum absolute atomic E-state index is 0.290. The number of carboxylic acids is 1. The summed E-state index contributed by atoms with van der Waals surface area (Å²) in [5.41, 5.74) is 0. The van der Waals surface area contributed by atoms with Crippen molar-refractivity contribution in [1.82, 2.24) is 0 Å². The van der Waals surface area contributed by atoms with Gasteiger partial charge in [-0.25, -0.2) is 0 Å². The molecule has 0 spiro atoms. The van der Waals surface area contributed by atoms with Crippen LogP contribution in [0.5, 0.6) is 0 Å². The highest BCUT2D eigenvalue weighted by Gasteiger charge is 1.94. The Bertz CT molecular complexity index is 929. The third-order valence-corrected chi connectivity index (χ3v) is 6.05. The molecule has 0 saturated heterocycles. The lowest BCUT2D eigenvalue weighted by molar-refractivity contribution is -0.137. The van der Waals surface area contributed by atoms with Crippen LogP contribution in [0, 0.1) is 0 Å². The van der Waals surface area contributed by atoms with Crippen molar-refractivity contribution in [2.45, 2.75) is 110 Å². The van der Waals surface area contributed by atoms with E-state index in [-0.39, 0.29) is 0 Å². The van der Waals surface area contributed by atoms with Crippen LogP contribution in [0.2, 0.25) is 0 Å². The standard InChI is InChI=1S/C40H58O2/c1-2-3-4-5-6-7-8-9-10-11-12-13-14-15-16-17-18-19-20-21-22-23-24-25-26-27-28-29-30-31-32-33-34-35-36-37-38-39-40(41)42/h3-4,6-7,9-10,12-13,15-16,18-19,21-22,24-25,27-28,30-31,33-34H,2,5,8,11,14,17,20,23,26,29,32,35-39H2,1H3,(H,41,42)/b4-3-,7-6-,10-9-,13-12-,16-15-,19-18-,22-21-,25-24-,28-27-,31-30-,34-33-. The van der Waals surface area contributed by atoms with Crippen LogP contribution >= 0.6 is 0 Å². The second kappa shape index (κ2) is 35.6. The summed E-state index contributed by atoms with van der Waals surface area (Å²) >= 11 is 0. The Balaban J connectivity index is 3.59. The van der Waals surface area contributed by atoms with Crippen molar-refractivity contribution in [3.8, 4) is 0 Å². The van der Waals surface area contributed by atoms with Crippen molar-refractivity contribution in [1.29, 1.82) is 0 Å². The third-order valence-electron chi connectivity index (χ3n) is 6.05. The molecule has 0 aliphatic rings. The number of hydrogen-bond donors (Lipinski definition) is 1. The fraction of sp³-hybridized carbons (Fsp3) is 0.425. The van der Waals surface area contributed by atoms with E-state index in [0.29, 0.717) is 6.42 Å². The molecule has 230 valence electrons. The molecule has 0 unspecified atom stereocenters. The van der Waals surface area contributed by atoms with Gasteiger partial charge in [0.2, 0.25) is 0 Å². The molecule has 0 aromatic rings. The molecule has 2 nitrogen and oxygen atoms in total. The SMILES string of the molecule is CC/C=C\C/C=C\C/C=C\C/C=C\C/C=C\C/C=C\C/C=C\C/C=C\C/C=C\C/C=C\C/C=C\CCCCCC(=O)O. The molecule has 0 rings (SSSR count). The summed E-state index contributed by atoms with van der Waals surface area (Å²) in [4.78, 5) is 10.4. The molecule has 0 heterocycles. The number of rotatable bonds is 27. The van der Waals surface area contributed by atoms with Crippen LogP contribution in [-0.2, 0) is 4.79 Å². The van der Waals surface area contributed by atoms with E-state index >= 15 is 0 Å². The van der Waals surface area contributed by atoms with Crippen molar-refractivity contribution < 1.29 is 9.90 Å². The number of allylic oxidation sites excluding steroid dienone is 22. The zero-order chi connectivity index (χ0) is 30.4. The minimum atomic E-state index is -0.693. The number of unbranched alkanes of at least 4 members (excludes halogenated alkanes) is 3. The molecule has 0 aliphatic carbocycles. The molecule has 0 saturated carbocycles. The first kappa shape index (κ1) is 38.6. The van der Waals surface area contributed by atoms with E-state index in [1.165, 1.54) is 0 Å². The van der Waals surface area contributed by atoms with Gasteiger partial charge in [-0.05, 0) is 89.9 Å². The Morgan fingerprint density at radius 3 is 0.905 bits per heavy atom. The Morgan fingerprint density at radius 2 is 0.643 bits per heavy atom. The molecule has 0 aliphatic heterocycles. The maximum absolute atomic E-state index is 10.4. The Morgan fingerprint density at radius 1 is 0.381 bits per heavy atom. The van der Waals surface area contributed by atoms with Gasteiger partial charge in [0.1, 0.15) is 0 Å². The van der Waals surface area contributed by atoms with Crippen molar-refractivity contribution in [2.75, 3.05) is 0 Å². The van der Waals surface area contributed by atoms with Crippen LogP contribution in [0.15, 0.2) is 134 Å². The maximum atomic E-state index is 10.4. The predicted molar refractivity (Wildman–Crippen MR) is 188 cm³/mol. The van der Waals surface area contributed by atoms with Gasteiger partial charge < -0.3 is 5.11 Å². The molecule has 0 bridgehead atoms. The van der Waals surface area contributed by atoms with Crippen LogP contribution in [0.3, 0.4) is 0 Å². The van der Waals surface area contributed by atoms with Crippen molar-refractivity contribution in [3.63, 3.8) is 0 Å². The molecule has 0 atom stereocenters. The van der Waals surface area contributed by atoms with E-state index in [4.69, 9.17) is 5.11 Å². The van der Waals surface area contributed by atoms with Gasteiger partial charge in [-0.1, -0.05) is 147 Å². The monoisotopic (exact) mass is 570 g/mol. The average Bonchev–Trinajstić information content (AvgIpc) is 2.98. The lowest BCUT2D eigenvalue weighted by atomic mass is 10.1. The lowest BCUT2D eigenvalue weighted by Gasteiger charge is -1.94. The second-order valence-electron chi connectivity index (χ2n) is 9.94. The molecule has 0 fully saturated rings. The van der Waals surface area contributed by atoms with Crippen LogP contribution in [0.4, 0.5) is 0 Å². The highest BCUT2D eigenvalue weighted by Crippen LogP contribution is 2.04. The van der Waals surface area contributed by atoms with Crippen LogP contribution < -0.4 is 0 Å². The highest BCUT2D eigenvalue weighted by molar-refractivity contribution is 5.66. The summed E-state index contributed by atoms with van der Waals surface area (Å²) in [6.45, 7) is 2.16.